The normalized spacial score (nSPS) is 14.4. The molecule has 6 nitrogen and oxygen atoms in total. The number of aryl methyl sites for hydroxylation is 2. The van der Waals surface area contributed by atoms with E-state index in [9.17, 15) is 4.79 Å². The van der Waals surface area contributed by atoms with Crippen molar-refractivity contribution >= 4 is 22.9 Å². The minimum atomic E-state index is -0.979. The van der Waals surface area contributed by atoms with Crippen LogP contribution in [0.1, 0.15) is 24.1 Å². The lowest BCUT2D eigenvalue weighted by Crippen LogP contribution is -2.04. The Balaban J connectivity index is 1.78. The molecule has 0 aliphatic heterocycles. The maximum absolute atomic E-state index is 10.9. The van der Waals surface area contributed by atoms with Gasteiger partial charge in [-0.3, -0.25) is 4.68 Å². The van der Waals surface area contributed by atoms with Gasteiger partial charge in [-0.1, -0.05) is 0 Å². The van der Waals surface area contributed by atoms with Crippen molar-refractivity contribution in [3.05, 3.63) is 47.8 Å². The molecule has 4 rings (SSSR count). The van der Waals surface area contributed by atoms with Crippen LogP contribution in [0.2, 0.25) is 0 Å². The van der Waals surface area contributed by atoms with E-state index in [0.29, 0.717) is 5.92 Å². The molecular formula is C20H21N3O3. The number of carboxylic acids is 1. The molecule has 6 heteroatoms. The van der Waals surface area contributed by atoms with Crippen molar-refractivity contribution in [2.24, 2.45) is 13.0 Å². The fourth-order valence-electron chi connectivity index (χ4n) is 3.18. The van der Waals surface area contributed by atoms with Crippen molar-refractivity contribution in [2.45, 2.75) is 19.8 Å². The molecule has 2 aromatic heterocycles. The number of carbonyl (C=O) groups is 1. The summed E-state index contributed by atoms with van der Waals surface area (Å²) in [6.07, 6.45) is 7.23. The van der Waals surface area contributed by atoms with Crippen LogP contribution in [0.5, 0.6) is 5.75 Å². The van der Waals surface area contributed by atoms with Crippen molar-refractivity contribution in [3.63, 3.8) is 0 Å². The van der Waals surface area contributed by atoms with E-state index in [1.807, 2.05) is 49.0 Å². The zero-order valence-corrected chi connectivity index (χ0v) is 14.8. The van der Waals surface area contributed by atoms with Crippen LogP contribution in [0, 0.1) is 12.8 Å². The molecule has 0 spiro atoms. The second-order valence-corrected chi connectivity index (χ2v) is 6.78. The van der Waals surface area contributed by atoms with Crippen LogP contribution in [0.25, 0.3) is 22.8 Å². The summed E-state index contributed by atoms with van der Waals surface area (Å²) in [5, 5.41) is 14.5. The average molecular weight is 351 g/mol. The molecule has 1 fully saturated rings. The highest BCUT2D eigenvalue weighted by atomic mass is 16.5. The second kappa shape index (κ2) is 6.37. The maximum Gasteiger partial charge on any atom is 0.328 e. The van der Waals surface area contributed by atoms with E-state index >= 15 is 0 Å². The second-order valence-electron chi connectivity index (χ2n) is 6.78. The SMILES string of the molecule is Cc1nn(C)c(-n2ccc3ccc(OCC4CC4)cc32)c1/C=C/C(=O)O. The lowest BCUT2D eigenvalue weighted by Gasteiger charge is -2.10. The number of hydrogen-bond acceptors (Lipinski definition) is 3. The fraction of sp³-hybridized carbons (Fsp3) is 0.300. The highest BCUT2D eigenvalue weighted by molar-refractivity contribution is 5.87. The molecular weight excluding hydrogens is 330 g/mol. The lowest BCUT2D eigenvalue weighted by molar-refractivity contribution is -0.131. The standard InChI is InChI=1S/C20H21N3O3/c1-13-17(7-8-19(24)25)20(22(2)21-13)23-10-9-15-5-6-16(11-18(15)23)26-12-14-3-4-14/h5-11,14H,3-4,12H2,1-2H3,(H,24,25)/b8-7+. The summed E-state index contributed by atoms with van der Waals surface area (Å²) in [5.74, 6) is 1.40. The Labute approximate surface area is 151 Å². The van der Waals surface area contributed by atoms with Gasteiger partial charge in [0.15, 0.2) is 0 Å². The van der Waals surface area contributed by atoms with E-state index in [2.05, 4.69) is 5.10 Å². The summed E-state index contributed by atoms with van der Waals surface area (Å²) in [4.78, 5) is 10.9. The van der Waals surface area contributed by atoms with Crippen LogP contribution < -0.4 is 4.74 Å². The Hall–Kier alpha value is -3.02. The van der Waals surface area contributed by atoms with Gasteiger partial charge >= 0.3 is 5.97 Å². The molecule has 0 atom stereocenters. The van der Waals surface area contributed by atoms with Gasteiger partial charge in [-0.15, -0.1) is 0 Å². The van der Waals surface area contributed by atoms with Crippen molar-refractivity contribution < 1.29 is 14.6 Å². The molecule has 134 valence electrons. The van der Waals surface area contributed by atoms with Gasteiger partial charge in [-0.25, -0.2) is 4.79 Å². The molecule has 0 unspecified atom stereocenters. The quantitative estimate of drug-likeness (QED) is 0.690. The highest BCUT2D eigenvalue weighted by Gasteiger charge is 2.22. The Kier molecular flexibility index (Phi) is 4.03. The Morgan fingerprint density at radius 2 is 2.19 bits per heavy atom. The third-order valence-corrected chi connectivity index (χ3v) is 4.71. The van der Waals surface area contributed by atoms with Crippen molar-refractivity contribution in [1.82, 2.24) is 14.3 Å². The van der Waals surface area contributed by atoms with E-state index < -0.39 is 5.97 Å². The molecule has 1 saturated carbocycles. The number of aliphatic carboxylic acids is 1. The molecule has 0 radical (unpaired) electrons. The summed E-state index contributed by atoms with van der Waals surface area (Å²) < 4.78 is 9.72. The number of nitrogens with zero attached hydrogens (tertiary/aromatic N) is 3. The van der Waals surface area contributed by atoms with Gasteiger partial charge in [0.25, 0.3) is 0 Å². The number of benzene rings is 1. The summed E-state index contributed by atoms with van der Waals surface area (Å²) in [6, 6.07) is 8.11. The predicted molar refractivity (Wildman–Crippen MR) is 99.7 cm³/mol. The molecule has 3 aromatic rings. The number of hydrogen-bond donors (Lipinski definition) is 1. The zero-order valence-electron chi connectivity index (χ0n) is 14.8. The summed E-state index contributed by atoms with van der Waals surface area (Å²) in [5.41, 5.74) is 2.57. The Morgan fingerprint density at radius 3 is 2.92 bits per heavy atom. The first-order valence-electron chi connectivity index (χ1n) is 8.72. The fourth-order valence-corrected chi connectivity index (χ4v) is 3.18. The van der Waals surface area contributed by atoms with E-state index in [1.165, 1.54) is 12.8 Å². The third-order valence-electron chi connectivity index (χ3n) is 4.71. The van der Waals surface area contributed by atoms with Gasteiger partial charge in [-0.2, -0.15) is 5.10 Å². The molecule has 1 N–H and O–H groups in total. The smallest absolute Gasteiger partial charge is 0.328 e. The summed E-state index contributed by atoms with van der Waals surface area (Å²) in [6.45, 7) is 2.64. The zero-order chi connectivity index (χ0) is 18.3. The third kappa shape index (κ3) is 3.10. The van der Waals surface area contributed by atoms with E-state index in [1.54, 1.807) is 10.8 Å². The first kappa shape index (κ1) is 16.4. The number of fused-ring (bicyclic) bond motifs is 1. The van der Waals surface area contributed by atoms with Gasteiger partial charge in [0.1, 0.15) is 11.6 Å². The largest absolute Gasteiger partial charge is 0.493 e. The van der Waals surface area contributed by atoms with Gasteiger partial charge in [0, 0.05) is 36.3 Å². The first-order valence-corrected chi connectivity index (χ1v) is 8.72. The monoisotopic (exact) mass is 351 g/mol. The highest BCUT2D eigenvalue weighted by Crippen LogP contribution is 2.31. The first-order chi connectivity index (χ1) is 12.5. The molecule has 0 amide bonds. The molecule has 26 heavy (non-hydrogen) atoms. The van der Waals surface area contributed by atoms with Crippen LogP contribution in [0.15, 0.2) is 36.5 Å². The van der Waals surface area contributed by atoms with E-state index in [0.717, 1.165) is 46.4 Å². The number of carboxylic acid groups (broad SMARTS) is 1. The maximum atomic E-state index is 10.9. The molecule has 1 aliphatic carbocycles. The summed E-state index contributed by atoms with van der Waals surface area (Å²) >= 11 is 0. The van der Waals surface area contributed by atoms with Crippen LogP contribution in [-0.2, 0) is 11.8 Å². The topological polar surface area (TPSA) is 69.3 Å². The van der Waals surface area contributed by atoms with Crippen molar-refractivity contribution in [2.75, 3.05) is 6.61 Å². The predicted octanol–water partition coefficient (Wildman–Crippen LogP) is 3.56. The number of ether oxygens (including phenoxy) is 1. The van der Waals surface area contributed by atoms with Crippen LogP contribution in [-0.4, -0.2) is 32.0 Å². The van der Waals surface area contributed by atoms with Crippen molar-refractivity contribution in [1.29, 1.82) is 0 Å². The molecule has 1 aromatic carbocycles. The molecule has 2 heterocycles. The van der Waals surface area contributed by atoms with Gasteiger partial charge in [-0.05, 0) is 50.0 Å². The van der Waals surface area contributed by atoms with E-state index in [-0.39, 0.29) is 0 Å². The van der Waals surface area contributed by atoms with Crippen LogP contribution in [0.3, 0.4) is 0 Å². The summed E-state index contributed by atoms with van der Waals surface area (Å²) in [7, 11) is 1.86. The van der Waals surface area contributed by atoms with Gasteiger partial charge in [0.05, 0.1) is 17.8 Å². The Morgan fingerprint density at radius 1 is 1.38 bits per heavy atom. The average Bonchev–Trinajstić information content (AvgIpc) is 3.28. The van der Waals surface area contributed by atoms with E-state index in [4.69, 9.17) is 9.84 Å². The molecule has 0 saturated heterocycles. The Bertz CT molecular complexity index is 1010. The van der Waals surface area contributed by atoms with Crippen LogP contribution in [0.4, 0.5) is 0 Å². The molecule has 1 aliphatic rings. The van der Waals surface area contributed by atoms with Gasteiger partial charge in [0.2, 0.25) is 0 Å². The number of aromatic nitrogens is 3. The minimum Gasteiger partial charge on any atom is -0.493 e. The molecule has 0 bridgehead atoms. The van der Waals surface area contributed by atoms with Gasteiger partial charge < -0.3 is 14.4 Å². The van der Waals surface area contributed by atoms with Crippen molar-refractivity contribution in [3.8, 4) is 11.6 Å². The lowest BCUT2D eigenvalue weighted by atomic mass is 10.2. The van der Waals surface area contributed by atoms with Crippen LogP contribution >= 0.6 is 0 Å². The number of rotatable bonds is 6. The minimum absolute atomic E-state index is 0.699.